The Morgan fingerprint density at radius 3 is 2.56 bits per heavy atom. The number of benzene rings is 2. The van der Waals surface area contributed by atoms with Gasteiger partial charge in [-0.2, -0.15) is 0 Å². The van der Waals surface area contributed by atoms with Crippen LogP contribution in [0.25, 0.3) is 10.9 Å². The molecule has 2 aromatic carbocycles. The molecule has 4 nitrogen and oxygen atoms in total. The molecule has 0 unspecified atom stereocenters. The van der Waals surface area contributed by atoms with Gasteiger partial charge in [0.25, 0.3) is 0 Å². The van der Waals surface area contributed by atoms with E-state index in [1.807, 2.05) is 68.4 Å². The van der Waals surface area contributed by atoms with Gasteiger partial charge in [-0.3, -0.25) is 14.2 Å². The van der Waals surface area contributed by atoms with Crippen LogP contribution in [0, 0.1) is 6.92 Å². The van der Waals surface area contributed by atoms with Gasteiger partial charge >= 0.3 is 0 Å². The number of para-hydroxylation sites is 1. The van der Waals surface area contributed by atoms with Crippen LogP contribution in [0.4, 0.5) is 5.69 Å². The van der Waals surface area contributed by atoms with E-state index in [2.05, 4.69) is 0 Å². The Bertz CT molecular complexity index is 911. The predicted molar refractivity (Wildman–Crippen MR) is 101 cm³/mol. The van der Waals surface area contributed by atoms with Crippen LogP contribution in [-0.4, -0.2) is 22.9 Å². The number of anilines is 1. The highest BCUT2D eigenvalue weighted by atomic mass is 16.2. The number of hydrogen-bond donors (Lipinski definition) is 0. The van der Waals surface area contributed by atoms with Crippen molar-refractivity contribution < 1.29 is 9.59 Å². The van der Waals surface area contributed by atoms with Crippen molar-refractivity contribution in [2.75, 3.05) is 11.4 Å². The van der Waals surface area contributed by atoms with Gasteiger partial charge in [-0.25, -0.2) is 0 Å². The number of rotatable bonds is 5. The normalized spacial score (nSPS) is 10.8. The fraction of sp³-hybridized carbons (Fsp3) is 0.238. The molecule has 128 valence electrons. The van der Waals surface area contributed by atoms with Crippen molar-refractivity contribution in [2.45, 2.75) is 26.7 Å². The van der Waals surface area contributed by atoms with Crippen molar-refractivity contribution in [1.82, 2.24) is 4.57 Å². The molecule has 0 saturated carbocycles. The highest BCUT2D eigenvalue weighted by molar-refractivity contribution is 5.97. The maximum atomic E-state index is 12.6. The van der Waals surface area contributed by atoms with Crippen LogP contribution in [0.2, 0.25) is 0 Å². The van der Waals surface area contributed by atoms with Gasteiger partial charge in [-0.05, 0) is 43.7 Å². The Hall–Kier alpha value is -2.88. The van der Waals surface area contributed by atoms with E-state index < -0.39 is 0 Å². The van der Waals surface area contributed by atoms with Crippen LogP contribution in [0.15, 0.2) is 60.8 Å². The zero-order valence-corrected chi connectivity index (χ0v) is 14.6. The van der Waals surface area contributed by atoms with E-state index in [1.165, 1.54) is 0 Å². The minimum absolute atomic E-state index is 0.0297. The summed E-state index contributed by atoms with van der Waals surface area (Å²) in [6.07, 6.45) is 2.17. The van der Waals surface area contributed by atoms with E-state index >= 15 is 0 Å². The molecule has 25 heavy (non-hydrogen) atoms. The van der Waals surface area contributed by atoms with E-state index in [0.717, 1.165) is 22.2 Å². The summed E-state index contributed by atoms with van der Waals surface area (Å²) in [7, 11) is 0. The second-order valence-electron chi connectivity index (χ2n) is 6.12. The van der Waals surface area contributed by atoms with Crippen LogP contribution < -0.4 is 4.90 Å². The Balaban J connectivity index is 1.69. The van der Waals surface area contributed by atoms with E-state index in [1.54, 1.807) is 15.7 Å². The monoisotopic (exact) mass is 334 g/mol. The van der Waals surface area contributed by atoms with Crippen molar-refractivity contribution in [3.8, 4) is 0 Å². The first-order valence-corrected chi connectivity index (χ1v) is 8.56. The number of aromatic nitrogens is 1. The fourth-order valence-electron chi connectivity index (χ4n) is 3.07. The Morgan fingerprint density at radius 1 is 1.00 bits per heavy atom. The Morgan fingerprint density at radius 2 is 1.80 bits per heavy atom. The Kier molecular flexibility index (Phi) is 4.98. The first kappa shape index (κ1) is 17.0. The highest BCUT2D eigenvalue weighted by Gasteiger charge is 2.17. The molecule has 1 heterocycles. The zero-order chi connectivity index (χ0) is 17.8. The van der Waals surface area contributed by atoms with Crippen molar-refractivity contribution >= 4 is 28.4 Å². The molecule has 1 aromatic heterocycles. The third-order valence-corrected chi connectivity index (χ3v) is 4.35. The molecule has 0 bridgehead atoms. The van der Waals surface area contributed by atoms with Crippen LogP contribution in [0.1, 0.15) is 30.1 Å². The number of nitrogens with zero attached hydrogens (tertiary/aromatic N) is 2. The fourth-order valence-corrected chi connectivity index (χ4v) is 3.07. The molecule has 0 spiro atoms. The molecule has 3 rings (SSSR count). The number of carbonyl (C=O) groups is 2. The predicted octanol–water partition coefficient (Wildman–Crippen LogP) is 4.42. The maximum Gasteiger partial charge on any atom is 0.231 e. The minimum atomic E-state index is -0.0603. The molecule has 0 saturated heterocycles. The lowest BCUT2D eigenvalue weighted by Crippen LogP contribution is -2.31. The topological polar surface area (TPSA) is 42.3 Å². The third kappa shape index (κ3) is 3.63. The molecule has 3 aromatic rings. The average Bonchev–Trinajstić information content (AvgIpc) is 3.04. The third-order valence-electron chi connectivity index (χ3n) is 4.35. The smallest absolute Gasteiger partial charge is 0.231 e. The molecule has 0 fully saturated rings. The largest absolute Gasteiger partial charge is 0.313 e. The second kappa shape index (κ2) is 7.34. The Labute approximate surface area is 147 Å². The van der Waals surface area contributed by atoms with Gasteiger partial charge < -0.3 is 4.90 Å². The highest BCUT2D eigenvalue weighted by Crippen LogP contribution is 2.19. The summed E-state index contributed by atoms with van der Waals surface area (Å²) in [5.41, 5.74) is 2.87. The summed E-state index contributed by atoms with van der Waals surface area (Å²) >= 11 is 0. The lowest BCUT2D eigenvalue weighted by atomic mass is 10.2. The first-order chi connectivity index (χ1) is 12.1. The van der Waals surface area contributed by atoms with Crippen LogP contribution in [-0.2, 0) is 4.79 Å². The van der Waals surface area contributed by atoms with E-state index in [9.17, 15) is 9.59 Å². The van der Waals surface area contributed by atoms with Gasteiger partial charge in [0.15, 0.2) is 0 Å². The first-order valence-electron chi connectivity index (χ1n) is 8.56. The van der Waals surface area contributed by atoms with Crippen molar-refractivity contribution in [3.63, 3.8) is 0 Å². The molecule has 4 heteroatoms. The van der Waals surface area contributed by atoms with Crippen LogP contribution in [0.5, 0.6) is 0 Å². The summed E-state index contributed by atoms with van der Waals surface area (Å²) in [5, 5.41) is 1.03. The van der Waals surface area contributed by atoms with Gasteiger partial charge in [0, 0.05) is 36.7 Å². The SMILES string of the molecule is CCN(C(=O)CCC(=O)n1ccc2ccccc21)c1cccc(C)c1. The molecular weight excluding hydrogens is 312 g/mol. The molecule has 0 aliphatic heterocycles. The van der Waals surface area contributed by atoms with Crippen molar-refractivity contribution in [2.24, 2.45) is 0 Å². The van der Waals surface area contributed by atoms with Crippen LogP contribution >= 0.6 is 0 Å². The molecule has 0 atom stereocenters. The molecule has 0 N–H and O–H groups in total. The van der Waals surface area contributed by atoms with E-state index in [4.69, 9.17) is 0 Å². The van der Waals surface area contributed by atoms with Gasteiger partial charge in [0.05, 0.1) is 5.52 Å². The lowest BCUT2D eigenvalue weighted by molar-refractivity contribution is -0.118. The summed E-state index contributed by atoms with van der Waals surface area (Å²) < 4.78 is 1.63. The number of hydrogen-bond acceptors (Lipinski definition) is 2. The van der Waals surface area contributed by atoms with Crippen molar-refractivity contribution in [1.29, 1.82) is 0 Å². The minimum Gasteiger partial charge on any atom is -0.313 e. The number of carbonyl (C=O) groups excluding carboxylic acids is 2. The van der Waals surface area contributed by atoms with Gasteiger partial charge in [-0.15, -0.1) is 0 Å². The number of fused-ring (bicyclic) bond motifs is 1. The lowest BCUT2D eigenvalue weighted by Gasteiger charge is -2.21. The average molecular weight is 334 g/mol. The summed E-state index contributed by atoms with van der Waals surface area (Å²) in [6.45, 7) is 4.53. The van der Waals surface area contributed by atoms with Gasteiger partial charge in [-0.1, -0.05) is 30.3 Å². The zero-order valence-electron chi connectivity index (χ0n) is 14.6. The maximum absolute atomic E-state index is 12.6. The summed E-state index contributed by atoms with van der Waals surface area (Å²) in [4.78, 5) is 26.8. The molecule has 0 radical (unpaired) electrons. The summed E-state index contributed by atoms with van der Waals surface area (Å²) in [6, 6.07) is 17.5. The van der Waals surface area contributed by atoms with Crippen molar-refractivity contribution in [3.05, 3.63) is 66.4 Å². The number of amides is 1. The molecule has 0 aliphatic rings. The van der Waals surface area contributed by atoms with E-state index in [0.29, 0.717) is 6.54 Å². The van der Waals surface area contributed by atoms with E-state index in [-0.39, 0.29) is 24.7 Å². The standard InChI is InChI=1S/C21H22N2O2/c1-3-22(18-9-6-7-16(2)15-18)20(24)11-12-21(25)23-14-13-17-8-4-5-10-19(17)23/h4-10,13-15H,3,11-12H2,1-2H3. The van der Waals surface area contributed by atoms with Gasteiger partial charge in [0.2, 0.25) is 11.8 Å². The molecule has 0 aliphatic carbocycles. The summed E-state index contributed by atoms with van der Waals surface area (Å²) in [5.74, 6) is -0.0900. The quantitative estimate of drug-likeness (QED) is 0.693. The number of aryl methyl sites for hydroxylation is 1. The van der Waals surface area contributed by atoms with Crippen LogP contribution in [0.3, 0.4) is 0 Å². The molecule has 1 amide bonds. The second-order valence-corrected chi connectivity index (χ2v) is 6.12. The molecular formula is C21H22N2O2. The van der Waals surface area contributed by atoms with Gasteiger partial charge in [0.1, 0.15) is 0 Å².